The third-order valence-electron chi connectivity index (χ3n) is 4.18. The Labute approximate surface area is 156 Å². The van der Waals surface area contributed by atoms with Gasteiger partial charge < -0.3 is 9.88 Å². The van der Waals surface area contributed by atoms with E-state index in [2.05, 4.69) is 10.3 Å². The Hall–Kier alpha value is -2.73. The van der Waals surface area contributed by atoms with E-state index >= 15 is 0 Å². The molecule has 0 saturated heterocycles. The van der Waals surface area contributed by atoms with Crippen LogP contribution in [0.4, 0.5) is 0 Å². The van der Waals surface area contributed by atoms with E-state index in [1.165, 1.54) is 11.3 Å². The molecule has 0 aliphatic heterocycles. The number of hydrogen-bond donors (Lipinski definition) is 1. The maximum atomic E-state index is 12.8. The van der Waals surface area contributed by atoms with E-state index in [4.69, 9.17) is 0 Å². The minimum atomic E-state index is -0.354. The van der Waals surface area contributed by atoms with Crippen LogP contribution in [0, 0.1) is 13.8 Å². The first-order valence-electron chi connectivity index (χ1n) is 8.48. The molecular weight excluding hydrogens is 346 g/mol. The van der Waals surface area contributed by atoms with Crippen molar-refractivity contribution >= 4 is 17.2 Å². The molecule has 3 aromatic rings. The van der Waals surface area contributed by atoms with Crippen LogP contribution in [0.2, 0.25) is 0 Å². The topological polar surface area (TPSA) is 64.0 Å². The number of hydrogen-bond acceptors (Lipinski definition) is 4. The van der Waals surface area contributed by atoms with Gasteiger partial charge in [-0.2, -0.15) is 0 Å². The SMILES string of the molecule is Cc1nc(CNC(=O)c2c(C)ccn(CCc3ccccc3)c2=O)cs1. The molecule has 2 aromatic heterocycles. The zero-order chi connectivity index (χ0) is 18.5. The average Bonchev–Trinajstić information content (AvgIpc) is 3.05. The summed E-state index contributed by atoms with van der Waals surface area (Å²) in [6, 6.07) is 11.8. The van der Waals surface area contributed by atoms with Crippen molar-refractivity contribution in [1.29, 1.82) is 0 Å². The zero-order valence-electron chi connectivity index (χ0n) is 14.9. The van der Waals surface area contributed by atoms with E-state index < -0.39 is 0 Å². The lowest BCUT2D eigenvalue weighted by atomic mass is 10.1. The molecule has 0 unspecified atom stereocenters. The van der Waals surface area contributed by atoms with Gasteiger partial charge in [0.1, 0.15) is 5.56 Å². The van der Waals surface area contributed by atoms with Gasteiger partial charge in [-0.25, -0.2) is 4.98 Å². The fourth-order valence-electron chi connectivity index (χ4n) is 2.76. The largest absolute Gasteiger partial charge is 0.346 e. The van der Waals surface area contributed by atoms with Gasteiger partial charge in [0, 0.05) is 18.1 Å². The van der Waals surface area contributed by atoms with Crippen molar-refractivity contribution < 1.29 is 4.79 Å². The number of carbonyl (C=O) groups excluding carboxylic acids is 1. The van der Waals surface area contributed by atoms with Crippen LogP contribution in [0.15, 0.2) is 52.8 Å². The number of aryl methyl sites for hydroxylation is 4. The van der Waals surface area contributed by atoms with Gasteiger partial charge in [0.05, 0.1) is 17.2 Å². The number of aromatic nitrogens is 2. The van der Waals surface area contributed by atoms with Crippen molar-refractivity contribution in [3.63, 3.8) is 0 Å². The number of benzene rings is 1. The maximum absolute atomic E-state index is 12.8. The Morgan fingerprint density at radius 3 is 2.65 bits per heavy atom. The Bertz CT molecular complexity index is 961. The second-order valence-corrected chi connectivity index (χ2v) is 7.21. The number of nitrogens with one attached hydrogen (secondary N) is 1. The minimum Gasteiger partial charge on any atom is -0.346 e. The summed E-state index contributed by atoms with van der Waals surface area (Å²) in [7, 11) is 0. The van der Waals surface area contributed by atoms with Crippen molar-refractivity contribution in [1.82, 2.24) is 14.9 Å². The van der Waals surface area contributed by atoms with Gasteiger partial charge >= 0.3 is 0 Å². The summed E-state index contributed by atoms with van der Waals surface area (Å²) >= 11 is 1.54. The van der Waals surface area contributed by atoms with Gasteiger partial charge in [-0.15, -0.1) is 11.3 Å². The van der Waals surface area contributed by atoms with Crippen molar-refractivity contribution in [2.45, 2.75) is 33.4 Å². The first kappa shape index (κ1) is 18.1. The van der Waals surface area contributed by atoms with Crippen molar-refractivity contribution in [2.75, 3.05) is 0 Å². The van der Waals surface area contributed by atoms with Gasteiger partial charge in [0.15, 0.2) is 0 Å². The van der Waals surface area contributed by atoms with Gasteiger partial charge in [0.25, 0.3) is 11.5 Å². The van der Waals surface area contributed by atoms with Crippen LogP contribution >= 0.6 is 11.3 Å². The molecule has 5 nitrogen and oxygen atoms in total. The molecule has 0 radical (unpaired) electrons. The molecule has 6 heteroatoms. The van der Waals surface area contributed by atoms with E-state index in [1.807, 2.05) is 48.7 Å². The van der Waals surface area contributed by atoms with Crippen LogP contribution in [-0.4, -0.2) is 15.5 Å². The molecule has 0 atom stereocenters. The van der Waals surface area contributed by atoms with E-state index in [1.54, 1.807) is 17.7 Å². The molecule has 0 bridgehead atoms. The number of rotatable bonds is 6. The van der Waals surface area contributed by atoms with Crippen LogP contribution < -0.4 is 10.9 Å². The number of amides is 1. The van der Waals surface area contributed by atoms with Crippen molar-refractivity contribution in [2.24, 2.45) is 0 Å². The highest BCUT2D eigenvalue weighted by Gasteiger charge is 2.16. The Balaban J connectivity index is 1.74. The number of carbonyl (C=O) groups is 1. The predicted octanol–water partition coefficient (Wildman–Crippen LogP) is 3.09. The maximum Gasteiger partial charge on any atom is 0.263 e. The fourth-order valence-corrected chi connectivity index (χ4v) is 3.37. The molecule has 1 amide bonds. The third-order valence-corrected chi connectivity index (χ3v) is 5.00. The second-order valence-electron chi connectivity index (χ2n) is 6.15. The van der Waals surface area contributed by atoms with Crippen LogP contribution in [0.5, 0.6) is 0 Å². The Morgan fingerprint density at radius 2 is 1.96 bits per heavy atom. The van der Waals surface area contributed by atoms with Gasteiger partial charge in [0.2, 0.25) is 0 Å². The smallest absolute Gasteiger partial charge is 0.263 e. The Morgan fingerprint density at radius 1 is 1.19 bits per heavy atom. The van der Waals surface area contributed by atoms with E-state index in [0.717, 1.165) is 22.7 Å². The lowest BCUT2D eigenvalue weighted by molar-refractivity contribution is 0.0947. The zero-order valence-corrected chi connectivity index (χ0v) is 15.7. The summed E-state index contributed by atoms with van der Waals surface area (Å²) in [5.74, 6) is -0.354. The Kier molecular flexibility index (Phi) is 5.63. The van der Waals surface area contributed by atoms with Crippen LogP contribution in [-0.2, 0) is 19.5 Å². The minimum absolute atomic E-state index is 0.201. The molecule has 0 aliphatic carbocycles. The van der Waals surface area contributed by atoms with Crippen LogP contribution in [0.25, 0.3) is 0 Å². The van der Waals surface area contributed by atoms with Crippen molar-refractivity contribution in [3.8, 4) is 0 Å². The number of nitrogens with zero attached hydrogens (tertiary/aromatic N) is 2. The highest BCUT2D eigenvalue weighted by Crippen LogP contribution is 2.08. The summed E-state index contributed by atoms with van der Waals surface area (Å²) in [5, 5.41) is 5.66. The van der Waals surface area contributed by atoms with Crippen LogP contribution in [0.1, 0.15) is 32.2 Å². The molecule has 0 saturated carbocycles. The van der Waals surface area contributed by atoms with Gasteiger partial charge in [-0.05, 0) is 37.5 Å². The van der Waals surface area contributed by atoms with Gasteiger partial charge in [-0.3, -0.25) is 9.59 Å². The molecule has 1 aromatic carbocycles. The quantitative estimate of drug-likeness (QED) is 0.728. The number of pyridine rings is 1. The predicted molar refractivity (Wildman–Crippen MR) is 104 cm³/mol. The fraction of sp³-hybridized carbons (Fsp3) is 0.250. The highest BCUT2D eigenvalue weighted by molar-refractivity contribution is 7.09. The van der Waals surface area contributed by atoms with Gasteiger partial charge in [-0.1, -0.05) is 30.3 Å². The molecule has 1 N–H and O–H groups in total. The van der Waals surface area contributed by atoms with E-state index in [0.29, 0.717) is 18.7 Å². The lowest BCUT2D eigenvalue weighted by Crippen LogP contribution is -2.34. The second kappa shape index (κ2) is 8.10. The van der Waals surface area contributed by atoms with Crippen LogP contribution in [0.3, 0.4) is 0 Å². The molecule has 0 aliphatic rings. The molecule has 2 heterocycles. The molecule has 3 rings (SSSR count). The standard InChI is InChI=1S/C20H21N3O2S/c1-14-8-10-23(11-9-16-6-4-3-5-7-16)20(25)18(14)19(24)21-12-17-13-26-15(2)22-17/h3-8,10,13H,9,11-12H2,1-2H3,(H,21,24). The lowest BCUT2D eigenvalue weighted by Gasteiger charge is -2.11. The molecular formula is C20H21N3O2S. The molecule has 26 heavy (non-hydrogen) atoms. The summed E-state index contributed by atoms with van der Waals surface area (Å²) in [5.41, 5.74) is 2.59. The van der Waals surface area contributed by atoms with E-state index in [-0.39, 0.29) is 17.0 Å². The monoisotopic (exact) mass is 367 g/mol. The van der Waals surface area contributed by atoms with Crippen molar-refractivity contribution in [3.05, 3.63) is 85.7 Å². The first-order chi connectivity index (χ1) is 12.5. The third kappa shape index (κ3) is 4.26. The average molecular weight is 367 g/mol. The summed E-state index contributed by atoms with van der Waals surface area (Å²) < 4.78 is 1.60. The highest BCUT2D eigenvalue weighted by atomic mass is 32.1. The summed E-state index contributed by atoms with van der Waals surface area (Å²) in [6.07, 6.45) is 2.49. The molecule has 0 spiro atoms. The first-order valence-corrected chi connectivity index (χ1v) is 9.36. The normalized spacial score (nSPS) is 10.7. The summed E-state index contributed by atoms with van der Waals surface area (Å²) in [4.78, 5) is 29.6. The van der Waals surface area contributed by atoms with E-state index in [9.17, 15) is 9.59 Å². The molecule has 0 fully saturated rings. The molecule has 134 valence electrons. The summed E-state index contributed by atoms with van der Waals surface area (Å²) in [6.45, 7) is 4.56. The number of thiazole rings is 1.